The number of aromatic amines is 1. The van der Waals surface area contributed by atoms with Gasteiger partial charge in [0, 0.05) is 30.3 Å². The summed E-state index contributed by atoms with van der Waals surface area (Å²) in [5.41, 5.74) is 4.18. The van der Waals surface area contributed by atoms with Gasteiger partial charge in [-0.05, 0) is 45.1 Å². The molecule has 1 aliphatic carbocycles. The quantitative estimate of drug-likeness (QED) is 0.639. The number of H-pyrrole nitrogens is 1. The van der Waals surface area contributed by atoms with Crippen LogP contribution in [0.1, 0.15) is 43.9 Å². The molecule has 0 bridgehead atoms. The third-order valence-corrected chi connectivity index (χ3v) is 5.66. The fourth-order valence-corrected chi connectivity index (χ4v) is 4.05. The van der Waals surface area contributed by atoms with E-state index in [2.05, 4.69) is 29.5 Å². The lowest BCUT2D eigenvalue weighted by Gasteiger charge is -2.30. The van der Waals surface area contributed by atoms with Crippen molar-refractivity contribution in [3.05, 3.63) is 41.6 Å². The van der Waals surface area contributed by atoms with Gasteiger partial charge in [0.1, 0.15) is 11.5 Å². The molecule has 0 aliphatic heterocycles. The number of fused-ring (bicyclic) bond motifs is 1. The highest BCUT2D eigenvalue weighted by Gasteiger charge is 2.23. The predicted molar refractivity (Wildman–Crippen MR) is 112 cm³/mol. The topological polar surface area (TPSA) is 82.7 Å². The summed E-state index contributed by atoms with van der Waals surface area (Å²) in [5.74, 6) is 1.68. The number of nitrogens with one attached hydrogen (secondary N) is 3. The summed E-state index contributed by atoms with van der Waals surface area (Å²) < 4.78 is 0. The smallest absolute Gasteiger partial charge is 0.217 e. The Labute approximate surface area is 165 Å². The molecule has 1 fully saturated rings. The van der Waals surface area contributed by atoms with Gasteiger partial charge >= 0.3 is 0 Å². The van der Waals surface area contributed by atoms with Crippen molar-refractivity contribution in [1.29, 1.82) is 0 Å². The molecule has 0 saturated heterocycles. The normalized spacial score (nSPS) is 19.5. The molecule has 4 rings (SSSR count). The van der Waals surface area contributed by atoms with E-state index in [0.29, 0.717) is 6.04 Å². The molecule has 0 radical (unpaired) electrons. The Hall–Kier alpha value is -2.89. The lowest BCUT2D eigenvalue weighted by molar-refractivity contribution is -0.119. The summed E-state index contributed by atoms with van der Waals surface area (Å²) in [7, 11) is 0. The minimum atomic E-state index is 0.0554. The molecular weight excluding hydrogens is 350 g/mol. The zero-order chi connectivity index (χ0) is 19.7. The Morgan fingerprint density at radius 2 is 1.71 bits per heavy atom. The number of anilines is 1. The van der Waals surface area contributed by atoms with Crippen LogP contribution in [0.25, 0.3) is 22.4 Å². The SMILES string of the molecule is CC(=O)NC1CCC(Nc2nc(-c3ccccc3)nc3[nH]c(C)c(C)c23)CC1. The number of nitrogens with zero attached hydrogens (tertiary/aromatic N) is 2. The van der Waals surface area contributed by atoms with Crippen molar-refractivity contribution < 1.29 is 4.79 Å². The largest absolute Gasteiger partial charge is 0.367 e. The molecule has 0 unspecified atom stereocenters. The van der Waals surface area contributed by atoms with Gasteiger partial charge in [0.05, 0.1) is 5.39 Å². The number of hydrogen-bond donors (Lipinski definition) is 3. The van der Waals surface area contributed by atoms with Gasteiger partial charge in [-0.2, -0.15) is 0 Å². The fourth-order valence-electron chi connectivity index (χ4n) is 4.05. The first kappa shape index (κ1) is 18.5. The van der Waals surface area contributed by atoms with Crippen molar-refractivity contribution in [3.63, 3.8) is 0 Å². The Morgan fingerprint density at radius 1 is 1.04 bits per heavy atom. The van der Waals surface area contributed by atoms with E-state index in [1.54, 1.807) is 6.92 Å². The van der Waals surface area contributed by atoms with Gasteiger partial charge in [0.2, 0.25) is 5.91 Å². The number of carbonyl (C=O) groups excluding carboxylic acids is 1. The Morgan fingerprint density at radius 3 is 2.39 bits per heavy atom. The molecule has 6 heteroatoms. The van der Waals surface area contributed by atoms with Crippen molar-refractivity contribution in [2.75, 3.05) is 5.32 Å². The van der Waals surface area contributed by atoms with Crippen LogP contribution >= 0.6 is 0 Å². The molecule has 1 saturated carbocycles. The molecule has 1 amide bonds. The first-order chi connectivity index (χ1) is 13.5. The maximum absolute atomic E-state index is 11.3. The molecule has 3 aromatic rings. The molecule has 2 aromatic heterocycles. The number of amides is 1. The minimum Gasteiger partial charge on any atom is -0.367 e. The third kappa shape index (κ3) is 3.72. The predicted octanol–water partition coefficient (Wildman–Crippen LogP) is 4.10. The number of benzene rings is 1. The summed E-state index contributed by atoms with van der Waals surface area (Å²) in [5, 5.41) is 7.79. The van der Waals surface area contributed by atoms with Crippen molar-refractivity contribution >= 4 is 22.8 Å². The van der Waals surface area contributed by atoms with Gasteiger partial charge in [-0.15, -0.1) is 0 Å². The Kier molecular flexibility index (Phi) is 5.03. The van der Waals surface area contributed by atoms with Gasteiger partial charge in [0.25, 0.3) is 0 Å². The highest BCUT2D eigenvalue weighted by Crippen LogP contribution is 2.31. The fraction of sp³-hybridized carbons (Fsp3) is 0.409. The highest BCUT2D eigenvalue weighted by molar-refractivity contribution is 5.92. The van der Waals surface area contributed by atoms with E-state index < -0.39 is 0 Å². The van der Waals surface area contributed by atoms with Crippen LogP contribution in [-0.2, 0) is 4.79 Å². The van der Waals surface area contributed by atoms with Gasteiger partial charge in [-0.1, -0.05) is 30.3 Å². The molecule has 1 aromatic carbocycles. The summed E-state index contributed by atoms with van der Waals surface area (Å²) in [6.45, 7) is 5.77. The van der Waals surface area contributed by atoms with E-state index in [1.165, 1.54) is 5.56 Å². The third-order valence-electron chi connectivity index (χ3n) is 5.66. The highest BCUT2D eigenvalue weighted by atomic mass is 16.1. The van der Waals surface area contributed by atoms with Crippen LogP contribution in [0.4, 0.5) is 5.82 Å². The molecule has 146 valence electrons. The van der Waals surface area contributed by atoms with Crippen LogP contribution in [0.3, 0.4) is 0 Å². The summed E-state index contributed by atoms with van der Waals surface area (Å²) >= 11 is 0. The molecule has 3 N–H and O–H groups in total. The summed E-state index contributed by atoms with van der Waals surface area (Å²) in [6.07, 6.45) is 4.00. The van der Waals surface area contributed by atoms with Crippen LogP contribution in [0.15, 0.2) is 30.3 Å². The molecule has 2 heterocycles. The first-order valence-corrected chi connectivity index (χ1v) is 9.97. The average molecular weight is 377 g/mol. The van der Waals surface area contributed by atoms with Gasteiger partial charge in [0.15, 0.2) is 5.82 Å². The second-order valence-electron chi connectivity index (χ2n) is 7.75. The van der Waals surface area contributed by atoms with Crippen LogP contribution < -0.4 is 10.6 Å². The van der Waals surface area contributed by atoms with E-state index in [9.17, 15) is 4.79 Å². The lowest BCUT2D eigenvalue weighted by Crippen LogP contribution is -2.39. The van der Waals surface area contributed by atoms with Crippen LogP contribution in [-0.4, -0.2) is 32.9 Å². The minimum absolute atomic E-state index is 0.0554. The number of aromatic nitrogens is 3. The molecule has 1 aliphatic rings. The second kappa shape index (κ2) is 7.62. The lowest BCUT2D eigenvalue weighted by atomic mass is 9.91. The van der Waals surface area contributed by atoms with Crippen LogP contribution in [0.2, 0.25) is 0 Å². The second-order valence-corrected chi connectivity index (χ2v) is 7.75. The molecule has 0 spiro atoms. The molecule has 28 heavy (non-hydrogen) atoms. The molecular formula is C22H27N5O. The monoisotopic (exact) mass is 377 g/mol. The van der Waals surface area contributed by atoms with Gasteiger partial charge < -0.3 is 15.6 Å². The zero-order valence-electron chi connectivity index (χ0n) is 16.7. The number of hydrogen-bond acceptors (Lipinski definition) is 4. The maximum Gasteiger partial charge on any atom is 0.217 e. The van der Waals surface area contributed by atoms with E-state index in [-0.39, 0.29) is 11.9 Å². The maximum atomic E-state index is 11.3. The summed E-state index contributed by atoms with van der Waals surface area (Å²) in [4.78, 5) is 24.4. The molecule has 0 atom stereocenters. The number of carbonyl (C=O) groups is 1. The van der Waals surface area contributed by atoms with E-state index in [0.717, 1.165) is 59.6 Å². The van der Waals surface area contributed by atoms with Crippen molar-refractivity contribution in [2.45, 2.75) is 58.5 Å². The first-order valence-electron chi connectivity index (χ1n) is 9.97. The van der Waals surface area contributed by atoms with Gasteiger partial charge in [-0.25, -0.2) is 9.97 Å². The number of aryl methyl sites for hydroxylation is 2. The Bertz CT molecular complexity index is 987. The van der Waals surface area contributed by atoms with Crippen molar-refractivity contribution in [3.8, 4) is 11.4 Å². The number of rotatable bonds is 4. The molecule has 6 nitrogen and oxygen atoms in total. The van der Waals surface area contributed by atoms with Gasteiger partial charge in [-0.3, -0.25) is 4.79 Å². The van der Waals surface area contributed by atoms with Crippen LogP contribution in [0, 0.1) is 13.8 Å². The summed E-state index contributed by atoms with van der Waals surface area (Å²) in [6, 6.07) is 10.7. The Balaban J connectivity index is 1.63. The van der Waals surface area contributed by atoms with Crippen LogP contribution in [0.5, 0.6) is 0 Å². The zero-order valence-corrected chi connectivity index (χ0v) is 16.7. The van der Waals surface area contributed by atoms with Crippen molar-refractivity contribution in [2.24, 2.45) is 0 Å². The van der Waals surface area contributed by atoms with E-state index in [1.807, 2.05) is 30.3 Å². The standard InChI is InChI=1S/C22H27N5O/c1-13-14(2)23-21-19(13)22(27-20(26-21)16-7-5-4-6-8-16)25-18-11-9-17(10-12-18)24-15(3)28/h4-8,17-18H,9-12H2,1-3H3,(H,24,28)(H2,23,25,26,27). The van der Waals surface area contributed by atoms with E-state index >= 15 is 0 Å². The average Bonchev–Trinajstić information content (AvgIpc) is 2.98. The van der Waals surface area contributed by atoms with E-state index in [4.69, 9.17) is 9.97 Å². The van der Waals surface area contributed by atoms with Crippen molar-refractivity contribution in [1.82, 2.24) is 20.3 Å².